The summed E-state index contributed by atoms with van der Waals surface area (Å²) in [6.45, 7) is 2.02. The summed E-state index contributed by atoms with van der Waals surface area (Å²) in [5, 5.41) is 2.91. The van der Waals surface area contributed by atoms with Crippen molar-refractivity contribution in [1.29, 1.82) is 0 Å². The molecule has 1 aliphatic carbocycles. The molecule has 0 heterocycles. The minimum atomic E-state index is -3.28. The highest BCUT2D eigenvalue weighted by Gasteiger charge is 2.27. The average Bonchev–Trinajstić information content (AvgIpc) is 2.47. The SMILES string of the molecule is CNC(C)c1ccccc1NS(=O)(=O)C1CCCCC1. The van der Waals surface area contributed by atoms with Crippen LogP contribution >= 0.6 is 0 Å². The Balaban J connectivity index is 2.20. The maximum Gasteiger partial charge on any atom is 0.235 e. The number of hydrogen-bond donors (Lipinski definition) is 2. The first-order valence-corrected chi connectivity index (χ1v) is 8.87. The van der Waals surface area contributed by atoms with Crippen LogP contribution in [0.3, 0.4) is 0 Å². The van der Waals surface area contributed by atoms with Crippen molar-refractivity contribution >= 4 is 15.7 Å². The lowest BCUT2D eigenvalue weighted by molar-refractivity contribution is 0.486. The van der Waals surface area contributed by atoms with E-state index in [0.717, 1.165) is 37.7 Å². The van der Waals surface area contributed by atoms with Gasteiger partial charge in [-0.25, -0.2) is 8.42 Å². The van der Waals surface area contributed by atoms with Crippen LogP contribution in [0.25, 0.3) is 0 Å². The number of anilines is 1. The molecule has 0 radical (unpaired) electrons. The van der Waals surface area contributed by atoms with Gasteiger partial charge in [-0.1, -0.05) is 37.5 Å². The van der Waals surface area contributed by atoms with Gasteiger partial charge < -0.3 is 5.32 Å². The van der Waals surface area contributed by atoms with Crippen molar-refractivity contribution in [3.8, 4) is 0 Å². The highest BCUT2D eigenvalue weighted by atomic mass is 32.2. The Kier molecular flexibility index (Phi) is 5.05. The first-order valence-electron chi connectivity index (χ1n) is 7.32. The van der Waals surface area contributed by atoms with Gasteiger partial charge in [-0.3, -0.25) is 4.72 Å². The summed E-state index contributed by atoms with van der Waals surface area (Å²) in [6.07, 6.45) is 4.73. The summed E-state index contributed by atoms with van der Waals surface area (Å²) in [7, 11) is -1.41. The molecule has 1 aliphatic rings. The van der Waals surface area contributed by atoms with Crippen molar-refractivity contribution in [2.75, 3.05) is 11.8 Å². The van der Waals surface area contributed by atoms with E-state index in [4.69, 9.17) is 0 Å². The van der Waals surface area contributed by atoms with Crippen LogP contribution < -0.4 is 10.0 Å². The van der Waals surface area contributed by atoms with Crippen LogP contribution in [0.4, 0.5) is 5.69 Å². The molecule has 1 saturated carbocycles. The third-order valence-electron chi connectivity index (χ3n) is 4.10. The number of rotatable bonds is 5. The molecule has 1 aromatic carbocycles. The smallest absolute Gasteiger partial charge is 0.235 e. The number of para-hydroxylation sites is 1. The van der Waals surface area contributed by atoms with Gasteiger partial charge in [0.15, 0.2) is 0 Å². The predicted molar refractivity (Wildman–Crippen MR) is 83.3 cm³/mol. The van der Waals surface area contributed by atoms with Gasteiger partial charge >= 0.3 is 0 Å². The van der Waals surface area contributed by atoms with Gasteiger partial charge in [-0.05, 0) is 38.4 Å². The highest BCUT2D eigenvalue weighted by molar-refractivity contribution is 7.93. The van der Waals surface area contributed by atoms with Crippen LogP contribution in [-0.2, 0) is 10.0 Å². The molecule has 0 bridgehead atoms. The van der Waals surface area contributed by atoms with Crippen LogP contribution in [0.1, 0.15) is 50.6 Å². The summed E-state index contributed by atoms with van der Waals surface area (Å²) in [5.74, 6) is 0. The van der Waals surface area contributed by atoms with Crippen molar-refractivity contribution in [3.63, 3.8) is 0 Å². The largest absolute Gasteiger partial charge is 0.313 e. The maximum atomic E-state index is 12.5. The monoisotopic (exact) mass is 296 g/mol. The van der Waals surface area contributed by atoms with Crippen LogP contribution in [0.15, 0.2) is 24.3 Å². The molecular weight excluding hydrogens is 272 g/mol. The molecule has 1 unspecified atom stereocenters. The molecule has 5 heteroatoms. The lowest BCUT2D eigenvalue weighted by Gasteiger charge is -2.24. The molecule has 0 saturated heterocycles. The molecule has 2 rings (SSSR count). The standard InChI is InChI=1S/C15H24N2O2S/c1-12(16-2)14-10-6-7-11-15(14)17-20(18,19)13-8-4-3-5-9-13/h6-7,10-13,16-17H,3-5,8-9H2,1-2H3. The zero-order chi connectivity index (χ0) is 14.6. The topological polar surface area (TPSA) is 58.2 Å². The number of hydrogen-bond acceptors (Lipinski definition) is 3. The first-order chi connectivity index (χ1) is 9.54. The fourth-order valence-electron chi connectivity index (χ4n) is 2.74. The predicted octanol–water partition coefficient (Wildman–Crippen LogP) is 3.04. The van der Waals surface area contributed by atoms with Crippen LogP contribution in [0.2, 0.25) is 0 Å². The molecule has 1 fully saturated rings. The van der Waals surface area contributed by atoms with Gasteiger partial charge in [0, 0.05) is 6.04 Å². The molecule has 20 heavy (non-hydrogen) atoms. The second-order valence-corrected chi connectivity index (χ2v) is 7.47. The Hall–Kier alpha value is -1.07. The van der Waals surface area contributed by atoms with Crippen molar-refractivity contribution in [2.24, 2.45) is 0 Å². The lowest BCUT2D eigenvalue weighted by Crippen LogP contribution is -2.30. The van der Waals surface area contributed by atoms with Gasteiger partial charge in [0.2, 0.25) is 10.0 Å². The van der Waals surface area contributed by atoms with Crippen LogP contribution in [0.5, 0.6) is 0 Å². The Labute approximate surface area is 122 Å². The van der Waals surface area contributed by atoms with Gasteiger partial charge in [0.1, 0.15) is 0 Å². The Morgan fingerprint density at radius 3 is 2.45 bits per heavy atom. The summed E-state index contributed by atoms with van der Waals surface area (Å²) >= 11 is 0. The van der Waals surface area contributed by atoms with Crippen molar-refractivity contribution in [3.05, 3.63) is 29.8 Å². The molecule has 112 valence electrons. The molecule has 2 N–H and O–H groups in total. The van der Waals surface area contributed by atoms with Crippen LogP contribution in [0, 0.1) is 0 Å². The van der Waals surface area contributed by atoms with E-state index in [0.29, 0.717) is 5.69 Å². The lowest BCUT2D eigenvalue weighted by atomic mass is 10.0. The molecular formula is C15H24N2O2S. The second-order valence-electron chi connectivity index (χ2n) is 5.50. The van der Waals surface area contributed by atoms with E-state index < -0.39 is 10.0 Å². The van der Waals surface area contributed by atoms with E-state index in [1.165, 1.54) is 0 Å². The molecule has 1 atom stereocenters. The molecule has 4 nitrogen and oxygen atoms in total. The Morgan fingerprint density at radius 1 is 1.15 bits per heavy atom. The highest BCUT2D eigenvalue weighted by Crippen LogP contribution is 2.28. The zero-order valence-electron chi connectivity index (χ0n) is 12.2. The second kappa shape index (κ2) is 6.59. The van der Waals surface area contributed by atoms with E-state index in [-0.39, 0.29) is 11.3 Å². The van der Waals surface area contributed by atoms with E-state index in [1.54, 1.807) is 0 Å². The minimum absolute atomic E-state index is 0.111. The first kappa shape index (κ1) is 15.3. The number of sulfonamides is 1. The van der Waals surface area contributed by atoms with Gasteiger partial charge in [-0.2, -0.15) is 0 Å². The van der Waals surface area contributed by atoms with E-state index in [9.17, 15) is 8.42 Å². The summed E-state index contributed by atoms with van der Waals surface area (Å²) < 4.78 is 27.8. The molecule has 0 aliphatic heterocycles. The van der Waals surface area contributed by atoms with E-state index in [2.05, 4.69) is 10.0 Å². The summed E-state index contributed by atoms with van der Waals surface area (Å²) in [5.41, 5.74) is 1.68. The molecule has 0 amide bonds. The van der Waals surface area contributed by atoms with Crippen molar-refractivity contribution < 1.29 is 8.42 Å². The van der Waals surface area contributed by atoms with Gasteiger partial charge in [-0.15, -0.1) is 0 Å². The molecule has 0 spiro atoms. The Bertz CT molecular complexity index is 537. The van der Waals surface area contributed by atoms with Gasteiger partial charge in [0.25, 0.3) is 0 Å². The normalized spacial score (nSPS) is 18.7. The van der Waals surface area contributed by atoms with Crippen molar-refractivity contribution in [1.82, 2.24) is 5.32 Å². The summed E-state index contributed by atoms with van der Waals surface area (Å²) in [4.78, 5) is 0. The van der Waals surface area contributed by atoms with Gasteiger partial charge in [0.05, 0.1) is 10.9 Å². The third-order valence-corrected chi connectivity index (χ3v) is 5.96. The maximum absolute atomic E-state index is 12.5. The van der Waals surface area contributed by atoms with Crippen molar-refractivity contribution in [2.45, 2.75) is 50.3 Å². The zero-order valence-corrected chi connectivity index (χ0v) is 13.0. The van der Waals surface area contributed by atoms with E-state index >= 15 is 0 Å². The van der Waals surface area contributed by atoms with E-state index in [1.807, 2.05) is 38.2 Å². The Morgan fingerprint density at radius 2 is 1.80 bits per heavy atom. The fraction of sp³-hybridized carbons (Fsp3) is 0.600. The summed E-state index contributed by atoms with van der Waals surface area (Å²) in [6, 6.07) is 7.70. The third kappa shape index (κ3) is 3.52. The average molecular weight is 296 g/mol. The molecule has 0 aromatic heterocycles. The quantitative estimate of drug-likeness (QED) is 0.878. The number of nitrogens with one attached hydrogen (secondary N) is 2. The minimum Gasteiger partial charge on any atom is -0.313 e. The fourth-order valence-corrected chi connectivity index (χ4v) is 4.35. The molecule has 1 aromatic rings. The number of benzene rings is 1. The van der Waals surface area contributed by atoms with Crippen LogP contribution in [-0.4, -0.2) is 20.7 Å².